The van der Waals surface area contributed by atoms with Gasteiger partial charge in [-0.1, -0.05) is 53.7 Å². The van der Waals surface area contributed by atoms with Gasteiger partial charge in [-0.2, -0.15) is 0 Å². The molecule has 41 heavy (non-hydrogen) atoms. The first-order chi connectivity index (χ1) is 19.2. The minimum absolute atomic E-state index is 0.00944. The third kappa shape index (κ3) is 7.49. The molecular formula is C34H49N3O2S2. The molecule has 0 atom stereocenters. The van der Waals surface area contributed by atoms with E-state index in [1.54, 1.807) is 29.6 Å². The number of anilines is 2. The lowest BCUT2D eigenvalue weighted by atomic mass is 9.86. The van der Waals surface area contributed by atoms with E-state index in [0.717, 1.165) is 38.8 Å². The van der Waals surface area contributed by atoms with E-state index in [4.69, 9.17) is 5.73 Å². The maximum atomic E-state index is 10.8. The number of nitrogens with two attached hydrogens (primary N) is 1. The summed E-state index contributed by atoms with van der Waals surface area (Å²) in [6, 6.07) is 14.1. The molecular weight excluding hydrogens is 547 g/mol. The summed E-state index contributed by atoms with van der Waals surface area (Å²) in [6.45, 7) is 19.6. The van der Waals surface area contributed by atoms with Crippen molar-refractivity contribution in [3.63, 3.8) is 0 Å². The van der Waals surface area contributed by atoms with Crippen LogP contribution in [0.1, 0.15) is 76.3 Å². The van der Waals surface area contributed by atoms with Crippen molar-refractivity contribution in [2.75, 3.05) is 35.5 Å². The van der Waals surface area contributed by atoms with E-state index < -0.39 is 0 Å². The van der Waals surface area contributed by atoms with Crippen LogP contribution in [0.15, 0.2) is 52.3 Å². The predicted molar refractivity (Wildman–Crippen MR) is 180 cm³/mol. The third-order valence-electron chi connectivity index (χ3n) is 7.66. The van der Waals surface area contributed by atoms with Crippen molar-refractivity contribution in [2.24, 2.45) is 5.73 Å². The smallest absolute Gasteiger partial charge is 0.120 e. The first-order valence-corrected chi connectivity index (χ1v) is 16.7. The maximum Gasteiger partial charge on any atom is 0.120 e. The molecule has 3 aromatic carbocycles. The van der Waals surface area contributed by atoms with Crippen molar-refractivity contribution in [2.45, 2.75) is 89.1 Å². The number of nitrogens with zero attached hydrogens (tertiary/aromatic N) is 2. The van der Waals surface area contributed by atoms with Gasteiger partial charge in [0.15, 0.2) is 0 Å². The molecule has 3 rings (SSSR count). The Morgan fingerprint density at radius 3 is 1.61 bits per heavy atom. The molecule has 224 valence electrons. The molecule has 0 aliphatic carbocycles. The molecule has 0 saturated carbocycles. The minimum atomic E-state index is -0.0284. The van der Waals surface area contributed by atoms with Crippen molar-refractivity contribution < 1.29 is 10.2 Å². The van der Waals surface area contributed by atoms with E-state index in [-0.39, 0.29) is 16.6 Å². The fourth-order valence-electron chi connectivity index (χ4n) is 5.13. The largest absolute Gasteiger partial charge is 0.508 e. The highest BCUT2D eigenvalue weighted by molar-refractivity contribution is 7.99. The van der Waals surface area contributed by atoms with Gasteiger partial charge in [0, 0.05) is 35.7 Å². The summed E-state index contributed by atoms with van der Waals surface area (Å²) in [5, 5.41) is 21.7. The van der Waals surface area contributed by atoms with Gasteiger partial charge in [0.25, 0.3) is 0 Å². The Labute approximate surface area is 256 Å². The summed E-state index contributed by atoms with van der Waals surface area (Å²) < 4.78 is 0. The lowest BCUT2D eigenvalue weighted by Crippen LogP contribution is -2.32. The Bertz CT molecular complexity index is 1360. The van der Waals surface area contributed by atoms with Crippen LogP contribution in [0.3, 0.4) is 0 Å². The van der Waals surface area contributed by atoms with E-state index >= 15 is 0 Å². The van der Waals surface area contributed by atoms with Crippen LogP contribution in [0.25, 0.3) is 0 Å². The summed E-state index contributed by atoms with van der Waals surface area (Å²) >= 11 is 3.43. The monoisotopic (exact) mass is 595 g/mol. The Morgan fingerprint density at radius 2 is 1.22 bits per heavy atom. The molecule has 0 saturated heterocycles. The molecule has 0 bridgehead atoms. The molecule has 0 radical (unpaired) electrons. The van der Waals surface area contributed by atoms with Crippen LogP contribution in [-0.2, 0) is 23.9 Å². The zero-order chi connectivity index (χ0) is 30.7. The minimum Gasteiger partial charge on any atom is -0.508 e. The number of phenols is 2. The van der Waals surface area contributed by atoms with Gasteiger partial charge in [-0.15, -0.1) is 23.5 Å². The third-order valence-corrected chi connectivity index (χ3v) is 9.20. The van der Waals surface area contributed by atoms with Crippen LogP contribution < -0.4 is 15.5 Å². The number of benzene rings is 3. The fraction of sp³-hybridized carbons (Fsp3) is 0.471. The number of thioether (sulfide) groups is 2. The predicted octanol–water partition coefficient (Wildman–Crippen LogP) is 8.39. The molecule has 0 aliphatic rings. The van der Waals surface area contributed by atoms with Gasteiger partial charge in [0.05, 0.1) is 22.9 Å². The highest BCUT2D eigenvalue weighted by Crippen LogP contribution is 2.47. The molecule has 0 heterocycles. The lowest BCUT2D eigenvalue weighted by Gasteiger charge is -2.34. The highest BCUT2D eigenvalue weighted by atomic mass is 32.2. The maximum absolute atomic E-state index is 10.8. The van der Waals surface area contributed by atoms with Crippen LogP contribution in [0.2, 0.25) is 0 Å². The van der Waals surface area contributed by atoms with Gasteiger partial charge in [-0.3, -0.25) is 0 Å². The molecule has 0 spiro atoms. The summed E-state index contributed by atoms with van der Waals surface area (Å²) in [5.41, 5.74) is 14.0. The van der Waals surface area contributed by atoms with Crippen LogP contribution in [0.4, 0.5) is 11.4 Å². The molecule has 5 nitrogen and oxygen atoms in total. The second kappa shape index (κ2) is 13.2. The van der Waals surface area contributed by atoms with Gasteiger partial charge in [0.1, 0.15) is 11.5 Å². The second-order valence-corrected chi connectivity index (χ2v) is 14.4. The highest BCUT2D eigenvalue weighted by Gasteiger charge is 2.25. The van der Waals surface area contributed by atoms with Crippen molar-refractivity contribution >= 4 is 34.9 Å². The van der Waals surface area contributed by atoms with E-state index in [1.807, 2.05) is 18.2 Å². The summed E-state index contributed by atoms with van der Waals surface area (Å²) in [4.78, 5) is 6.83. The standard InChI is InChI=1S/C34H49N3O2S2/c1-11-36(19-23-17-25(33(3,4)5)12-14-27(23)38)30-22(2)16-29(40-9)31(32(30)41-10)37(21-35)20-24-18-26(34(6,7)8)13-15-28(24)39/h12-18,38-39H,11,19-21,35H2,1-10H3. The normalized spacial score (nSPS) is 12.1. The van der Waals surface area contributed by atoms with E-state index in [2.05, 4.69) is 95.9 Å². The Morgan fingerprint density at radius 1 is 0.732 bits per heavy atom. The fourth-order valence-corrected chi connectivity index (χ4v) is 6.83. The molecule has 0 aromatic heterocycles. The van der Waals surface area contributed by atoms with Crippen LogP contribution >= 0.6 is 23.5 Å². The molecule has 4 N–H and O–H groups in total. The summed E-state index contributed by atoms with van der Waals surface area (Å²) in [6.07, 6.45) is 4.21. The van der Waals surface area contributed by atoms with Crippen LogP contribution in [-0.4, -0.2) is 35.9 Å². The Balaban J connectivity index is 2.15. The van der Waals surface area contributed by atoms with Gasteiger partial charge in [-0.25, -0.2) is 0 Å². The number of aromatic hydroxyl groups is 2. The van der Waals surface area contributed by atoms with Crippen molar-refractivity contribution in [1.29, 1.82) is 0 Å². The SMILES string of the molecule is CCN(Cc1cc(C(C)(C)C)ccc1O)c1c(C)cc(SC)c(N(CN)Cc2cc(C(C)(C)C)ccc2O)c1SC. The second-order valence-electron chi connectivity index (χ2n) is 12.7. The molecule has 0 fully saturated rings. The van der Waals surface area contributed by atoms with Crippen LogP contribution in [0.5, 0.6) is 11.5 Å². The zero-order valence-electron chi connectivity index (χ0n) is 26.6. The number of hydrogen-bond donors (Lipinski definition) is 3. The molecule has 0 unspecified atom stereocenters. The first kappa shape index (κ1) is 33.0. The van der Waals surface area contributed by atoms with Gasteiger partial charge < -0.3 is 25.7 Å². The number of phenolic OH excluding ortho intramolecular Hbond substituents is 2. The van der Waals surface area contributed by atoms with Gasteiger partial charge >= 0.3 is 0 Å². The number of hydrogen-bond acceptors (Lipinski definition) is 7. The van der Waals surface area contributed by atoms with Crippen molar-refractivity contribution in [1.82, 2.24) is 0 Å². The quantitative estimate of drug-likeness (QED) is 0.161. The molecule has 0 aliphatic heterocycles. The van der Waals surface area contributed by atoms with E-state index in [1.165, 1.54) is 16.7 Å². The van der Waals surface area contributed by atoms with Gasteiger partial charge in [0.2, 0.25) is 0 Å². The Hall–Kier alpha value is -2.48. The summed E-state index contributed by atoms with van der Waals surface area (Å²) in [7, 11) is 0. The van der Waals surface area contributed by atoms with Crippen molar-refractivity contribution in [3.05, 3.63) is 70.3 Å². The van der Waals surface area contributed by atoms with E-state index in [9.17, 15) is 10.2 Å². The van der Waals surface area contributed by atoms with Gasteiger partial charge in [-0.05, 0) is 84.2 Å². The number of aryl methyl sites for hydroxylation is 1. The summed E-state index contributed by atoms with van der Waals surface area (Å²) in [5.74, 6) is 0.600. The average Bonchev–Trinajstić information content (AvgIpc) is 2.90. The Kier molecular flexibility index (Phi) is 10.7. The molecule has 3 aromatic rings. The number of rotatable bonds is 10. The zero-order valence-corrected chi connectivity index (χ0v) is 28.2. The average molecular weight is 596 g/mol. The van der Waals surface area contributed by atoms with Crippen molar-refractivity contribution in [3.8, 4) is 11.5 Å². The lowest BCUT2D eigenvalue weighted by molar-refractivity contribution is 0.465. The van der Waals surface area contributed by atoms with Crippen LogP contribution in [0, 0.1) is 6.92 Å². The first-order valence-electron chi connectivity index (χ1n) is 14.3. The van der Waals surface area contributed by atoms with E-state index in [0.29, 0.717) is 25.5 Å². The molecule has 7 heteroatoms. The molecule has 0 amide bonds. The topological polar surface area (TPSA) is 73.0 Å².